The second-order valence-electron chi connectivity index (χ2n) is 13.5. The number of oxazole rings is 1. The average Bonchev–Trinajstić information content (AvgIpc) is 3.71. The molecule has 0 saturated carbocycles. The molecule has 5 nitrogen and oxygen atoms in total. The molecule has 0 aliphatic heterocycles. The molecule has 0 aliphatic rings. The van der Waals surface area contributed by atoms with Crippen LogP contribution in [0.2, 0.25) is 0 Å². The summed E-state index contributed by atoms with van der Waals surface area (Å²) in [6.45, 7) is 0. The quantitative estimate of drug-likeness (QED) is 0.165. The van der Waals surface area contributed by atoms with Gasteiger partial charge in [-0.2, -0.15) is 0 Å². The summed E-state index contributed by atoms with van der Waals surface area (Å²) in [5.74, 6) is 2.54. The zero-order valence-corrected chi connectivity index (χ0v) is 29.7. The molecule has 0 saturated heterocycles. The van der Waals surface area contributed by atoms with E-state index in [-0.39, 0.29) is 0 Å². The summed E-state index contributed by atoms with van der Waals surface area (Å²) in [6.07, 6.45) is 0. The van der Waals surface area contributed by atoms with Crippen LogP contribution >= 0.6 is 0 Å². The third-order valence-electron chi connectivity index (χ3n) is 9.98. The zero-order chi connectivity index (χ0) is 36.6. The Morgan fingerprint density at radius 3 is 1.51 bits per heavy atom. The van der Waals surface area contributed by atoms with E-state index in [2.05, 4.69) is 97.1 Å². The van der Waals surface area contributed by atoms with E-state index in [0.717, 1.165) is 61.2 Å². The molecule has 0 bridgehead atoms. The minimum absolute atomic E-state index is 0.622. The molecule has 0 radical (unpaired) electrons. The predicted octanol–water partition coefficient (Wildman–Crippen LogP) is 12.8. The van der Waals surface area contributed by atoms with Crippen LogP contribution in [-0.4, -0.2) is 19.9 Å². The Kier molecular flexibility index (Phi) is 8.08. The Labute approximate surface area is 318 Å². The van der Waals surface area contributed by atoms with E-state index >= 15 is 0 Å². The van der Waals surface area contributed by atoms with Crippen molar-refractivity contribution in [1.82, 2.24) is 19.9 Å². The second-order valence-corrected chi connectivity index (χ2v) is 13.5. The minimum atomic E-state index is 0.622. The number of fused-ring (bicyclic) bond motifs is 2. The molecule has 0 N–H and O–H groups in total. The van der Waals surface area contributed by atoms with Crippen LogP contribution in [0.25, 0.3) is 101 Å². The van der Waals surface area contributed by atoms with E-state index in [1.165, 1.54) is 16.3 Å². The van der Waals surface area contributed by atoms with Crippen LogP contribution in [0.3, 0.4) is 0 Å². The molecule has 2 aromatic heterocycles. The van der Waals surface area contributed by atoms with Gasteiger partial charge in [0, 0.05) is 22.3 Å². The van der Waals surface area contributed by atoms with Crippen molar-refractivity contribution in [3.8, 4) is 79.0 Å². The highest BCUT2D eigenvalue weighted by Crippen LogP contribution is 2.40. The molecule has 0 atom stereocenters. The van der Waals surface area contributed by atoms with Crippen molar-refractivity contribution in [1.29, 1.82) is 0 Å². The molecule has 5 heteroatoms. The van der Waals surface area contributed by atoms with Crippen LogP contribution in [0, 0.1) is 0 Å². The number of aromatic nitrogens is 4. The van der Waals surface area contributed by atoms with Gasteiger partial charge in [0.05, 0.1) is 0 Å². The van der Waals surface area contributed by atoms with Crippen molar-refractivity contribution in [2.45, 2.75) is 0 Å². The topological polar surface area (TPSA) is 64.7 Å². The summed E-state index contributed by atoms with van der Waals surface area (Å²) >= 11 is 0. The monoisotopic (exact) mass is 704 g/mol. The highest BCUT2D eigenvalue weighted by atomic mass is 16.3. The lowest BCUT2D eigenvalue weighted by atomic mass is 9.88. The largest absolute Gasteiger partial charge is 0.436 e. The van der Waals surface area contributed by atoms with Gasteiger partial charge in [0.1, 0.15) is 5.52 Å². The van der Waals surface area contributed by atoms with Gasteiger partial charge in [-0.15, -0.1) is 0 Å². The van der Waals surface area contributed by atoms with E-state index in [1.807, 2.05) is 97.1 Å². The first-order chi connectivity index (χ1) is 27.2. The van der Waals surface area contributed by atoms with Crippen molar-refractivity contribution in [3.63, 3.8) is 0 Å². The molecule has 10 rings (SSSR count). The van der Waals surface area contributed by atoms with E-state index < -0.39 is 0 Å². The Bertz CT molecular complexity index is 2900. The van der Waals surface area contributed by atoms with Crippen LogP contribution in [0.1, 0.15) is 0 Å². The maximum Gasteiger partial charge on any atom is 0.227 e. The summed E-state index contributed by atoms with van der Waals surface area (Å²) in [5, 5.41) is 2.38. The number of nitrogens with zero attached hydrogens (tertiary/aromatic N) is 4. The van der Waals surface area contributed by atoms with Crippen molar-refractivity contribution in [3.05, 3.63) is 194 Å². The van der Waals surface area contributed by atoms with E-state index in [1.54, 1.807) is 0 Å². The van der Waals surface area contributed by atoms with Crippen LogP contribution < -0.4 is 0 Å². The lowest BCUT2D eigenvalue weighted by Crippen LogP contribution is -2.00. The maximum absolute atomic E-state index is 6.12. The Hall–Kier alpha value is -7.50. The van der Waals surface area contributed by atoms with Gasteiger partial charge in [0.15, 0.2) is 23.1 Å². The molecule has 0 fully saturated rings. The standard InChI is InChI=1S/C50H32N4O/c1-4-14-35(15-5-1)47-52-48(36-16-6-2-7-17-36)54-49(53-47)37-25-23-34(24-26-37)43-29-27-33-13-10-11-22-42(33)46(43)41-21-12-20-39(31-41)40-28-30-45-44(32-40)51-50(55-45)38-18-8-3-9-19-38/h1-32H. The molecular weight excluding hydrogens is 673 g/mol. The molecule has 0 amide bonds. The predicted molar refractivity (Wildman–Crippen MR) is 223 cm³/mol. The summed E-state index contributed by atoms with van der Waals surface area (Å²) in [5.41, 5.74) is 12.1. The maximum atomic E-state index is 6.12. The molecule has 0 unspecified atom stereocenters. The van der Waals surface area contributed by atoms with E-state index in [0.29, 0.717) is 23.4 Å². The number of rotatable bonds is 7. The molecule has 258 valence electrons. The van der Waals surface area contributed by atoms with Crippen LogP contribution in [0.4, 0.5) is 0 Å². The van der Waals surface area contributed by atoms with Crippen molar-refractivity contribution in [2.24, 2.45) is 0 Å². The summed E-state index contributed by atoms with van der Waals surface area (Å²) in [7, 11) is 0. The Morgan fingerprint density at radius 1 is 0.327 bits per heavy atom. The van der Waals surface area contributed by atoms with Crippen molar-refractivity contribution < 1.29 is 4.42 Å². The normalized spacial score (nSPS) is 11.3. The Morgan fingerprint density at radius 2 is 0.836 bits per heavy atom. The fourth-order valence-electron chi connectivity index (χ4n) is 7.23. The Balaban J connectivity index is 1.05. The summed E-state index contributed by atoms with van der Waals surface area (Å²) in [4.78, 5) is 19.6. The third-order valence-corrected chi connectivity index (χ3v) is 9.98. The average molecular weight is 705 g/mol. The molecule has 55 heavy (non-hydrogen) atoms. The number of hydrogen-bond donors (Lipinski definition) is 0. The molecule has 2 heterocycles. The minimum Gasteiger partial charge on any atom is -0.436 e. The van der Waals surface area contributed by atoms with Gasteiger partial charge in [0.25, 0.3) is 0 Å². The molecule has 8 aromatic carbocycles. The van der Waals surface area contributed by atoms with Crippen molar-refractivity contribution in [2.75, 3.05) is 0 Å². The molecule has 0 aliphatic carbocycles. The van der Waals surface area contributed by atoms with Gasteiger partial charge in [-0.3, -0.25) is 0 Å². The molecular formula is C50H32N4O. The van der Waals surface area contributed by atoms with E-state index in [9.17, 15) is 0 Å². The number of benzene rings is 8. The highest BCUT2D eigenvalue weighted by molar-refractivity contribution is 6.04. The van der Waals surface area contributed by atoms with Gasteiger partial charge in [-0.05, 0) is 74.5 Å². The van der Waals surface area contributed by atoms with Gasteiger partial charge in [0.2, 0.25) is 5.89 Å². The lowest BCUT2D eigenvalue weighted by Gasteiger charge is -2.16. The van der Waals surface area contributed by atoms with Gasteiger partial charge in [-0.1, -0.05) is 164 Å². The van der Waals surface area contributed by atoms with Gasteiger partial charge < -0.3 is 4.42 Å². The first kappa shape index (κ1) is 32.2. The SMILES string of the molecule is c1ccc(-c2nc(-c3ccccc3)nc(-c3ccc(-c4ccc5ccccc5c4-c4cccc(-c5ccc6oc(-c7ccccc7)nc6c5)c4)cc3)n2)cc1. The number of hydrogen-bond acceptors (Lipinski definition) is 5. The summed E-state index contributed by atoms with van der Waals surface area (Å²) < 4.78 is 6.12. The first-order valence-electron chi connectivity index (χ1n) is 18.3. The fourth-order valence-corrected chi connectivity index (χ4v) is 7.23. The van der Waals surface area contributed by atoms with Crippen LogP contribution in [-0.2, 0) is 0 Å². The lowest BCUT2D eigenvalue weighted by molar-refractivity contribution is 0.620. The molecule has 10 aromatic rings. The van der Waals surface area contributed by atoms with Crippen LogP contribution in [0.15, 0.2) is 199 Å². The van der Waals surface area contributed by atoms with Crippen LogP contribution in [0.5, 0.6) is 0 Å². The fraction of sp³-hybridized carbons (Fsp3) is 0. The van der Waals surface area contributed by atoms with Gasteiger partial charge >= 0.3 is 0 Å². The molecule has 0 spiro atoms. The first-order valence-corrected chi connectivity index (χ1v) is 18.3. The zero-order valence-electron chi connectivity index (χ0n) is 29.7. The van der Waals surface area contributed by atoms with E-state index in [4.69, 9.17) is 24.4 Å². The third kappa shape index (κ3) is 6.24. The summed E-state index contributed by atoms with van der Waals surface area (Å²) in [6, 6.07) is 66.7. The van der Waals surface area contributed by atoms with Gasteiger partial charge in [-0.25, -0.2) is 19.9 Å². The second kappa shape index (κ2) is 13.8. The van der Waals surface area contributed by atoms with Crippen molar-refractivity contribution >= 4 is 21.9 Å². The smallest absolute Gasteiger partial charge is 0.227 e. The highest BCUT2D eigenvalue weighted by Gasteiger charge is 2.16.